The fraction of sp³-hybridized carbons (Fsp3) is 0.571. The molecule has 0 aliphatic carbocycles. The third-order valence-corrected chi connectivity index (χ3v) is 5.78. The van der Waals surface area contributed by atoms with Crippen molar-refractivity contribution in [3.63, 3.8) is 0 Å². The number of ether oxygens (including phenoxy) is 2. The number of hydrogen-bond acceptors (Lipinski definition) is 5. The third kappa shape index (κ3) is 6.40. The van der Waals surface area contributed by atoms with Gasteiger partial charge in [-0.25, -0.2) is 9.59 Å². The Balaban J connectivity index is 1.49. The average Bonchev–Trinajstić information content (AvgIpc) is 2.75. The van der Waals surface area contributed by atoms with E-state index in [4.69, 9.17) is 32.7 Å². The van der Waals surface area contributed by atoms with Crippen molar-refractivity contribution in [2.75, 3.05) is 51.2 Å². The number of amides is 4. The lowest BCUT2D eigenvalue weighted by molar-refractivity contribution is -0.150. The molecule has 1 aromatic rings. The first-order valence-corrected chi connectivity index (χ1v) is 11.2. The second-order valence-corrected chi connectivity index (χ2v) is 9.47. The molecular formula is C21H28Cl2N4O5. The molecule has 1 N–H and O–H groups in total. The number of nitrogens with one attached hydrogen (secondary N) is 1. The number of benzene rings is 1. The van der Waals surface area contributed by atoms with Gasteiger partial charge in [0.1, 0.15) is 5.60 Å². The van der Waals surface area contributed by atoms with Gasteiger partial charge in [0.25, 0.3) is 5.91 Å². The van der Waals surface area contributed by atoms with Crippen molar-refractivity contribution >= 4 is 46.9 Å². The molecule has 0 radical (unpaired) electrons. The molecule has 3 rings (SSSR count). The lowest BCUT2D eigenvalue weighted by Crippen LogP contribution is -2.57. The molecule has 1 atom stereocenters. The fourth-order valence-corrected chi connectivity index (χ4v) is 3.70. The minimum Gasteiger partial charge on any atom is -0.444 e. The molecule has 2 heterocycles. The van der Waals surface area contributed by atoms with Crippen molar-refractivity contribution in [3.05, 3.63) is 28.2 Å². The van der Waals surface area contributed by atoms with Crippen LogP contribution in [0.25, 0.3) is 0 Å². The minimum absolute atomic E-state index is 0.145. The first-order chi connectivity index (χ1) is 15.0. The molecule has 4 amide bonds. The maximum Gasteiger partial charge on any atom is 0.410 e. The quantitative estimate of drug-likeness (QED) is 0.692. The first-order valence-electron chi connectivity index (χ1n) is 10.4. The molecule has 2 aliphatic heterocycles. The number of hydrogen-bond donors (Lipinski definition) is 1. The molecule has 32 heavy (non-hydrogen) atoms. The van der Waals surface area contributed by atoms with E-state index in [1.54, 1.807) is 48.8 Å². The summed E-state index contributed by atoms with van der Waals surface area (Å²) in [6, 6.07) is 4.59. The number of urea groups is 1. The zero-order chi connectivity index (χ0) is 23.5. The van der Waals surface area contributed by atoms with Crippen LogP contribution < -0.4 is 5.32 Å². The lowest BCUT2D eigenvalue weighted by atomic mass is 10.2. The third-order valence-electron chi connectivity index (χ3n) is 5.04. The number of piperazine rings is 1. The topological polar surface area (TPSA) is 91.4 Å². The van der Waals surface area contributed by atoms with Gasteiger partial charge in [-0.3, -0.25) is 4.79 Å². The molecule has 2 saturated heterocycles. The molecule has 1 aromatic carbocycles. The summed E-state index contributed by atoms with van der Waals surface area (Å²) in [7, 11) is 0. The molecule has 11 heteroatoms. The summed E-state index contributed by atoms with van der Waals surface area (Å²) in [5.41, 5.74) is -0.0656. The van der Waals surface area contributed by atoms with Crippen molar-refractivity contribution < 1.29 is 23.9 Å². The zero-order valence-electron chi connectivity index (χ0n) is 18.4. The van der Waals surface area contributed by atoms with Crippen molar-refractivity contribution in [2.45, 2.75) is 32.5 Å². The average molecular weight is 487 g/mol. The van der Waals surface area contributed by atoms with E-state index < -0.39 is 17.8 Å². The highest BCUT2D eigenvalue weighted by atomic mass is 35.5. The number of rotatable bonds is 2. The molecule has 2 fully saturated rings. The van der Waals surface area contributed by atoms with E-state index in [1.165, 1.54) is 4.90 Å². The minimum atomic E-state index is -0.743. The molecular weight excluding hydrogens is 459 g/mol. The smallest absolute Gasteiger partial charge is 0.410 e. The van der Waals surface area contributed by atoms with Crippen molar-refractivity contribution in [2.24, 2.45) is 0 Å². The predicted octanol–water partition coefficient (Wildman–Crippen LogP) is 3.31. The summed E-state index contributed by atoms with van der Waals surface area (Å²) < 4.78 is 11.0. The summed E-state index contributed by atoms with van der Waals surface area (Å²) in [6.45, 7) is 7.68. The summed E-state index contributed by atoms with van der Waals surface area (Å²) in [5.74, 6) is -0.192. The van der Waals surface area contributed by atoms with Gasteiger partial charge < -0.3 is 29.5 Å². The van der Waals surface area contributed by atoms with Gasteiger partial charge in [0.2, 0.25) is 0 Å². The molecule has 0 saturated carbocycles. The van der Waals surface area contributed by atoms with Crippen LogP contribution in [0, 0.1) is 0 Å². The molecule has 1 unspecified atom stereocenters. The zero-order valence-corrected chi connectivity index (χ0v) is 19.9. The molecule has 176 valence electrons. The highest BCUT2D eigenvalue weighted by Gasteiger charge is 2.35. The lowest BCUT2D eigenvalue weighted by Gasteiger charge is -2.39. The molecule has 0 bridgehead atoms. The van der Waals surface area contributed by atoms with Crippen LogP contribution in [0.1, 0.15) is 20.8 Å². The van der Waals surface area contributed by atoms with Crippen LogP contribution in [0.4, 0.5) is 15.3 Å². The standard InChI is InChI=1S/C21H28Cl2N4O5/c1-21(2,3)32-20(30)27-10-11-31-17(13-27)18(28)25-6-8-26(9-7-25)19(29)24-14-4-5-15(22)16(23)12-14/h4-5,12,17H,6-11,13H2,1-3H3,(H,24,29). The van der Waals surface area contributed by atoms with Crippen LogP contribution in [0.2, 0.25) is 10.0 Å². The van der Waals surface area contributed by atoms with E-state index >= 15 is 0 Å². The van der Waals surface area contributed by atoms with Gasteiger partial charge in [0, 0.05) is 38.4 Å². The molecule has 9 nitrogen and oxygen atoms in total. The van der Waals surface area contributed by atoms with E-state index in [0.29, 0.717) is 48.5 Å². The largest absolute Gasteiger partial charge is 0.444 e. The van der Waals surface area contributed by atoms with Gasteiger partial charge in [-0.1, -0.05) is 23.2 Å². The Morgan fingerprint density at radius 1 is 1.00 bits per heavy atom. The van der Waals surface area contributed by atoms with Crippen molar-refractivity contribution in [1.82, 2.24) is 14.7 Å². The number of carbonyl (C=O) groups excluding carboxylic acids is 3. The van der Waals surface area contributed by atoms with Crippen LogP contribution in [0.3, 0.4) is 0 Å². The summed E-state index contributed by atoms with van der Waals surface area (Å²) in [5, 5.41) is 3.55. The van der Waals surface area contributed by atoms with Gasteiger partial charge in [0.05, 0.1) is 23.2 Å². The van der Waals surface area contributed by atoms with Crippen LogP contribution >= 0.6 is 23.2 Å². The Hall–Kier alpha value is -2.23. The van der Waals surface area contributed by atoms with E-state index in [0.717, 1.165) is 0 Å². The van der Waals surface area contributed by atoms with Crippen molar-refractivity contribution in [1.29, 1.82) is 0 Å². The maximum atomic E-state index is 12.9. The van der Waals surface area contributed by atoms with E-state index in [2.05, 4.69) is 5.32 Å². The normalized spacial score (nSPS) is 19.5. The van der Waals surface area contributed by atoms with E-state index in [9.17, 15) is 14.4 Å². The van der Waals surface area contributed by atoms with Gasteiger partial charge in [-0.2, -0.15) is 0 Å². The number of carbonyl (C=O) groups is 3. The van der Waals surface area contributed by atoms with Gasteiger partial charge >= 0.3 is 12.1 Å². The predicted molar refractivity (Wildman–Crippen MR) is 121 cm³/mol. The van der Waals surface area contributed by atoms with Crippen LogP contribution in [0.5, 0.6) is 0 Å². The second-order valence-electron chi connectivity index (χ2n) is 8.66. The monoisotopic (exact) mass is 486 g/mol. The summed E-state index contributed by atoms with van der Waals surface area (Å²) >= 11 is 11.9. The van der Waals surface area contributed by atoms with Gasteiger partial charge in [-0.15, -0.1) is 0 Å². The van der Waals surface area contributed by atoms with Gasteiger partial charge in [-0.05, 0) is 39.0 Å². The maximum absolute atomic E-state index is 12.9. The van der Waals surface area contributed by atoms with E-state index in [-0.39, 0.29) is 25.1 Å². The van der Waals surface area contributed by atoms with E-state index in [1.807, 2.05) is 0 Å². The Bertz CT molecular complexity index is 868. The SMILES string of the molecule is CC(C)(C)OC(=O)N1CCOC(C(=O)N2CCN(C(=O)Nc3ccc(Cl)c(Cl)c3)CC2)C1. The Labute approximate surface area is 197 Å². The van der Waals surface area contributed by atoms with Crippen LogP contribution in [0.15, 0.2) is 18.2 Å². The Morgan fingerprint density at radius 2 is 1.66 bits per heavy atom. The number of nitrogens with zero attached hydrogens (tertiary/aromatic N) is 3. The first kappa shape index (κ1) is 24.4. The van der Waals surface area contributed by atoms with Crippen LogP contribution in [-0.4, -0.2) is 90.3 Å². The summed E-state index contributed by atoms with van der Waals surface area (Å²) in [4.78, 5) is 42.6. The second kappa shape index (κ2) is 10.1. The number of morpholine rings is 1. The highest BCUT2D eigenvalue weighted by Crippen LogP contribution is 2.25. The number of halogens is 2. The Kier molecular flexibility index (Phi) is 7.74. The molecule has 0 aromatic heterocycles. The highest BCUT2D eigenvalue weighted by molar-refractivity contribution is 6.42. The van der Waals surface area contributed by atoms with Gasteiger partial charge in [0.15, 0.2) is 6.10 Å². The Morgan fingerprint density at radius 3 is 2.28 bits per heavy atom. The molecule has 2 aliphatic rings. The number of anilines is 1. The summed E-state index contributed by atoms with van der Waals surface area (Å²) in [6.07, 6.45) is -1.20. The fourth-order valence-electron chi connectivity index (χ4n) is 3.40. The van der Waals surface area contributed by atoms with Crippen LogP contribution in [-0.2, 0) is 14.3 Å². The van der Waals surface area contributed by atoms with Crippen molar-refractivity contribution in [3.8, 4) is 0 Å². The molecule has 0 spiro atoms.